The van der Waals surface area contributed by atoms with Crippen molar-refractivity contribution in [2.45, 2.75) is 6.92 Å². The second kappa shape index (κ2) is 8.74. The normalized spacial score (nSPS) is 8.14. The van der Waals surface area contributed by atoms with E-state index in [0.717, 1.165) is 6.08 Å². The molecule has 14 heavy (non-hydrogen) atoms. The molecule has 0 unspecified atom stereocenters. The third-order valence-corrected chi connectivity index (χ3v) is 1.91. The van der Waals surface area contributed by atoms with Gasteiger partial charge in [0.05, 0.1) is 6.61 Å². The first-order valence-electron chi connectivity index (χ1n) is 4.20. The van der Waals surface area contributed by atoms with Crippen LogP contribution in [0.3, 0.4) is 0 Å². The molecule has 0 aliphatic heterocycles. The molecule has 0 radical (unpaired) electrons. The van der Waals surface area contributed by atoms with Crippen molar-refractivity contribution < 1.29 is 9.53 Å². The zero-order valence-corrected chi connectivity index (χ0v) is 10.2. The Morgan fingerprint density at radius 1 is 1.50 bits per heavy atom. The molecule has 0 N–H and O–H groups in total. The minimum absolute atomic E-state index is 0.359. The summed E-state index contributed by atoms with van der Waals surface area (Å²) in [4.78, 5) is 10.1. The Kier molecular flexibility index (Phi) is 8.22. The number of esters is 1. The van der Waals surface area contributed by atoms with Gasteiger partial charge in [-0.15, -0.1) is 0 Å². The molecule has 1 aromatic carbocycles. The van der Waals surface area contributed by atoms with E-state index in [1.807, 2.05) is 18.2 Å². The van der Waals surface area contributed by atoms with Crippen molar-refractivity contribution in [2.75, 3.05) is 6.61 Å². The average molecular weight is 304 g/mol. The predicted octanol–water partition coefficient (Wildman–Crippen LogP) is 3.03. The average Bonchev–Trinajstić information content (AvgIpc) is 2.20. The Morgan fingerprint density at radius 3 is 2.29 bits per heavy atom. The summed E-state index contributed by atoms with van der Waals surface area (Å²) in [5, 5.41) is 0. The van der Waals surface area contributed by atoms with E-state index in [1.165, 1.54) is 3.57 Å². The van der Waals surface area contributed by atoms with Crippen molar-refractivity contribution >= 4 is 28.6 Å². The van der Waals surface area contributed by atoms with Crippen molar-refractivity contribution in [1.29, 1.82) is 0 Å². The molecule has 0 aliphatic rings. The zero-order chi connectivity index (χ0) is 10.8. The molecule has 0 spiro atoms. The van der Waals surface area contributed by atoms with E-state index in [0.29, 0.717) is 6.61 Å². The van der Waals surface area contributed by atoms with E-state index in [9.17, 15) is 4.79 Å². The number of ether oxygens (including phenoxy) is 1. The van der Waals surface area contributed by atoms with E-state index in [2.05, 4.69) is 46.0 Å². The smallest absolute Gasteiger partial charge is 0.330 e. The number of benzene rings is 1. The Morgan fingerprint density at radius 2 is 2.07 bits per heavy atom. The minimum atomic E-state index is -0.359. The van der Waals surface area contributed by atoms with Crippen molar-refractivity contribution in [1.82, 2.24) is 0 Å². The molecule has 0 saturated heterocycles. The quantitative estimate of drug-likeness (QED) is 0.477. The van der Waals surface area contributed by atoms with Gasteiger partial charge in [0.1, 0.15) is 0 Å². The van der Waals surface area contributed by atoms with Crippen LogP contribution >= 0.6 is 22.6 Å². The van der Waals surface area contributed by atoms with E-state index in [4.69, 9.17) is 0 Å². The Labute approximate surface area is 98.1 Å². The lowest BCUT2D eigenvalue weighted by Crippen LogP contribution is -1.97. The van der Waals surface area contributed by atoms with Crippen LogP contribution in [0.25, 0.3) is 0 Å². The fourth-order valence-electron chi connectivity index (χ4n) is 0.616. The fraction of sp³-hybridized carbons (Fsp3) is 0.182. The molecule has 0 aromatic heterocycles. The highest BCUT2D eigenvalue weighted by atomic mass is 127. The first-order valence-corrected chi connectivity index (χ1v) is 5.28. The van der Waals surface area contributed by atoms with Gasteiger partial charge >= 0.3 is 5.97 Å². The molecule has 0 aliphatic carbocycles. The standard InChI is InChI=1S/C6H5I.C5H8O2/c7-6-4-2-1-3-5-6;1-3-5(6)7-4-2/h1-5H;3H,1,4H2,2H3. The van der Waals surface area contributed by atoms with Crippen molar-refractivity contribution in [3.8, 4) is 0 Å². The third kappa shape index (κ3) is 7.79. The predicted molar refractivity (Wildman–Crippen MR) is 66.0 cm³/mol. The minimum Gasteiger partial charge on any atom is -0.463 e. The first kappa shape index (κ1) is 13.2. The highest BCUT2D eigenvalue weighted by Crippen LogP contribution is 1.99. The Bertz CT molecular complexity index is 270. The number of halogens is 1. The van der Waals surface area contributed by atoms with Gasteiger partial charge in [-0.25, -0.2) is 4.79 Å². The monoisotopic (exact) mass is 304 g/mol. The molecule has 1 rings (SSSR count). The summed E-state index contributed by atoms with van der Waals surface area (Å²) in [6.45, 7) is 5.38. The molecule has 0 bridgehead atoms. The van der Waals surface area contributed by atoms with E-state index in [-0.39, 0.29) is 5.97 Å². The number of rotatable bonds is 2. The molecule has 3 heteroatoms. The SMILES string of the molecule is C=CC(=O)OCC.Ic1ccccc1. The van der Waals surface area contributed by atoms with Crippen LogP contribution in [0.5, 0.6) is 0 Å². The van der Waals surface area contributed by atoms with Crippen LogP contribution in [0.1, 0.15) is 6.92 Å². The van der Waals surface area contributed by atoms with Crippen molar-refractivity contribution in [2.24, 2.45) is 0 Å². The maximum absolute atomic E-state index is 10.1. The van der Waals surface area contributed by atoms with Gasteiger partial charge in [-0.2, -0.15) is 0 Å². The summed E-state index contributed by atoms with van der Waals surface area (Å²) in [7, 11) is 0. The summed E-state index contributed by atoms with van der Waals surface area (Å²) < 4.78 is 5.73. The van der Waals surface area contributed by atoms with Crippen molar-refractivity contribution in [3.05, 3.63) is 46.6 Å². The maximum Gasteiger partial charge on any atom is 0.330 e. The molecule has 0 atom stereocenters. The maximum atomic E-state index is 10.1. The topological polar surface area (TPSA) is 26.3 Å². The summed E-state index contributed by atoms with van der Waals surface area (Å²) in [6.07, 6.45) is 1.14. The van der Waals surface area contributed by atoms with E-state index < -0.39 is 0 Å². The highest BCUT2D eigenvalue weighted by Gasteiger charge is 1.86. The molecule has 0 heterocycles. The van der Waals surface area contributed by atoms with Gasteiger partial charge in [0, 0.05) is 9.65 Å². The number of carbonyl (C=O) groups excluding carboxylic acids is 1. The van der Waals surface area contributed by atoms with Crippen LogP contribution in [0.4, 0.5) is 0 Å². The van der Waals surface area contributed by atoms with Crippen molar-refractivity contribution in [3.63, 3.8) is 0 Å². The molecule has 0 fully saturated rings. The van der Waals surface area contributed by atoms with Crippen LogP contribution < -0.4 is 0 Å². The van der Waals surface area contributed by atoms with E-state index in [1.54, 1.807) is 6.92 Å². The number of hydrogen-bond acceptors (Lipinski definition) is 2. The summed E-state index contributed by atoms with van der Waals surface area (Å²) in [5.41, 5.74) is 0. The molecule has 2 nitrogen and oxygen atoms in total. The fourth-order valence-corrected chi connectivity index (χ4v) is 1.03. The molecule has 76 valence electrons. The lowest BCUT2D eigenvalue weighted by Gasteiger charge is -1.90. The van der Waals surface area contributed by atoms with Gasteiger partial charge in [0.25, 0.3) is 0 Å². The number of hydrogen-bond donors (Lipinski definition) is 0. The van der Waals surface area contributed by atoms with Crippen LogP contribution in [0.15, 0.2) is 43.0 Å². The van der Waals surface area contributed by atoms with Gasteiger partial charge in [0.2, 0.25) is 0 Å². The third-order valence-electron chi connectivity index (χ3n) is 1.19. The Hall–Kier alpha value is -0.840. The van der Waals surface area contributed by atoms with Gasteiger partial charge in [0.15, 0.2) is 0 Å². The zero-order valence-electron chi connectivity index (χ0n) is 8.07. The lowest BCUT2D eigenvalue weighted by atomic mass is 10.4. The highest BCUT2D eigenvalue weighted by molar-refractivity contribution is 14.1. The second-order valence-corrected chi connectivity index (χ2v) is 3.50. The van der Waals surface area contributed by atoms with Crippen LogP contribution in [-0.2, 0) is 9.53 Å². The lowest BCUT2D eigenvalue weighted by molar-refractivity contribution is -0.137. The molecule has 1 aromatic rings. The summed E-state index contributed by atoms with van der Waals surface area (Å²) in [6, 6.07) is 10.2. The number of carbonyl (C=O) groups is 1. The van der Waals surface area contributed by atoms with Crippen LogP contribution in [0, 0.1) is 3.57 Å². The second-order valence-electron chi connectivity index (χ2n) is 2.25. The van der Waals surface area contributed by atoms with Crippen LogP contribution in [0.2, 0.25) is 0 Å². The molecular weight excluding hydrogens is 291 g/mol. The first-order chi connectivity index (χ1) is 6.70. The largest absolute Gasteiger partial charge is 0.463 e. The molecule has 0 amide bonds. The van der Waals surface area contributed by atoms with Gasteiger partial charge in [-0.3, -0.25) is 0 Å². The summed E-state index contributed by atoms with van der Waals surface area (Å²) >= 11 is 2.28. The van der Waals surface area contributed by atoms with Gasteiger partial charge in [-0.1, -0.05) is 24.8 Å². The Balaban J connectivity index is 0.000000241. The van der Waals surface area contributed by atoms with Crippen LogP contribution in [-0.4, -0.2) is 12.6 Å². The van der Waals surface area contributed by atoms with E-state index >= 15 is 0 Å². The molecular formula is C11H13IO2. The summed E-state index contributed by atoms with van der Waals surface area (Å²) in [5.74, 6) is -0.359. The molecule has 0 saturated carbocycles. The van der Waals surface area contributed by atoms with Gasteiger partial charge in [-0.05, 0) is 41.6 Å². The van der Waals surface area contributed by atoms with Gasteiger partial charge < -0.3 is 4.74 Å².